The lowest BCUT2D eigenvalue weighted by atomic mass is 10.0. The van der Waals surface area contributed by atoms with Gasteiger partial charge in [-0.1, -0.05) is 37.0 Å². The number of carbonyl (C=O) groups excluding carboxylic acids is 3. The van der Waals surface area contributed by atoms with Gasteiger partial charge in [0.05, 0.1) is 7.11 Å². The molecular weight excluding hydrogens is 269 g/mol. The highest BCUT2D eigenvalue weighted by Gasteiger charge is 2.45. The predicted octanol–water partition coefficient (Wildman–Crippen LogP) is 1.24. The molecule has 94 valence electrons. The quantitative estimate of drug-likeness (QED) is 0.576. The first-order valence-corrected chi connectivity index (χ1v) is 5.59. The molecule has 5 nitrogen and oxygen atoms in total. The molecule has 0 saturated carbocycles. The van der Waals surface area contributed by atoms with Crippen molar-refractivity contribution in [1.82, 2.24) is 4.90 Å². The van der Waals surface area contributed by atoms with Crippen LogP contribution in [-0.4, -0.2) is 35.8 Å². The molecule has 0 fully saturated rings. The third-order valence-electron chi connectivity index (χ3n) is 2.36. The smallest absolute Gasteiger partial charge is 0.329 e. The van der Waals surface area contributed by atoms with Gasteiger partial charge in [-0.05, 0) is 5.92 Å². The van der Waals surface area contributed by atoms with Crippen LogP contribution >= 0.6 is 23.2 Å². The van der Waals surface area contributed by atoms with Crippen LogP contribution < -0.4 is 0 Å². The second-order valence-electron chi connectivity index (χ2n) is 3.82. The van der Waals surface area contributed by atoms with Crippen molar-refractivity contribution in [3.05, 3.63) is 10.1 Å². The van der Waals surface area contributed by atoms with E-state index in [1.165, 1.54) is 7.11 Å². The number of methoxy groups -OCH3 is 1. The first-order chi connectivity index (χ1) is 7.82. The van der Waals surface area contributed by atoms with Crippen molar-refractivity contribution in [3.63, 3.8) is 0 Å². The summed E-state index contributed by atoms with van der Waals surface area (Å²) in [6, 6.07) is -1.02. The van der Waals surface area contributed by atoms with E-state index in [1.807, 2.05) is 0 Å². The van der Waals surface area contributed by atoms with Gasteiger partial charge in [-0.3, -0.25) is 14.5 Å². The Bertz CT molecular complexity index is 393. The normalized spacial score (nSPS) is 18.1. The molecule has 1 aliphatic heterocycles. The Labute approximate surface area is 108 Å². The molecule has 17 heavy (non-hydrogen) atoms. The lowest BCUT2D eigenvalue weighted by Gasteiger charge is -2.26. The minimum Gasteiger partial charge on any atom is -0.467 e. The van der Waals surface area contributed by atoms with E-state index in [1.54, 1.807) is 13.8 Å². The Balaban J connectivity index is 3.12. The van der Waals surface area contributed by atoms with Crippen molar-refractivity contribution in [3.8, 4) is 0 Å². The van der Waals surface area contributed by atoms with E-state index in [0.717, 1.165) is 4.90 Å². The molecule has 2 amide bonds. The van der Waals surface area contributed by atoms with E-state index < -0.39 is 23.8 Å². The maximum atomic E-state index is 11.7. The van der Waals surface area contributed by atoms with Crippen molar-refractivity contribution in [2.75, 3.05) is 7.11 Å². The van der Waals surface area contributed by atoms with Gasteiger partial charge < -0.3 is 4.74 Å². The summed E-state index contributed by atoms with van der Waals surface area (Å²) in [5, 5.41) is -0.738. The minimum atomic E-state index is -1.02. The highest BCUT2D eigenvalue weighted by atomic mass is 35.5. The Kier molecular flexibility index (Phi) is 4.16. The van der Waals surface area contributed by atoms with Gasteiger partial charge in [0, 0.05) is 0 Å². The maximum absolute atomic E-state index is 11.7. The Hall–Kier alpha value is -1.07. The van der Waals surface area contributed by atoms with Crippen molar-refractivity contribution in [2.45, 2.75) is 19.9 Å². The van der Waals surface area contributed by atoms with Crippen LogP contribution in [0.15, 0.2) is 10.1 Å². The van der Waals surface area contributed by atoms with Crippen LogP contribution in [0.1, 0.15) is 13.8 Å². The number of halogens is 2. The van der Waals surface area contributed by atoms with Crippen LogP contribution in [-0.2, 0) is 19.1 Å². The summed E-state index contributed by atoms with van der Waals surface area (Å²) in [4.78, 5) is 35.7. The molecule has 0 radical (unpaired) electrons. The second kappa shape index (κ2) is 5.06. The van der Waals surface area contributed by atoms with Crippen molar-refractivity contribution < 1.29 is 19.1 Å². The molecule has 1 rings (SSSR count). The van der Waals surface area contributed by atoms with E-state index in [9.17, 15) is 14.4 Å². The number of hydrogen-bond acceptors (Lipinski definition) is 4. The molecule has 0 saturated heterocycles. The largest absolute Gasteiger partial charge is 0.467 e. The number of esters is 1. The van der Waals surface area contributed by atoms with Crippen LogP contribution in [0, 0.1) is 5.92 Å². The van der Waals surface area contributed by atoms with Crippen molar-refractivity contribution in [1.29, 1.82) is 0 Å². The average molecular weight is 280 g/mol. The lowest BCUT2D eigenvalue weighted by molar-refractivity contribution is -0.157. The topological polar surface area (TPSA) is 63.7 Å². The SMILES string of the molecule is COC(=O)[C@H](C(C)C)N1C(=O)C(Cl)=C(Cl)C1=O. The first kappa shape index (κ1) is 14.0. The number of rotatable bonds is 3. The van der Waals surface area contributed by atoms with Crippen LogP contribution in [0.4, 0.5) is 0 Å². The van der Waals surface area contributed by atoms with E-state index >= 15 is 0 Å². The molecule has 7 heteroatoms. The number of hydrogen-bond donors (Lipinski definition) is 0. The summed E-state index contributed by atoms with van der Waals surface area (Å²) in [5.41, 5.74) is 0. The fraction of sp³-hybridized carbons (Fsp3) is 0.500. The van der Waals surface area contributed by atoms with Gasteiger partial charge in [-0.15, -0.1) is 0 Å². The molecule has 0 bridgehead atoms. The molecule has 0 aromatic rings. The summed E-state index contributed by atoms with van der Waals surface area (Å²) in [7, 11) is 1.18. The molecule has 0 unspecified atom stereocenters. The third kappa shape index (κ3) is 2.30. The fourth-order valence-electron chi connectivity index (χ4n) is 1.54. The zero-order valence-corrected chi connectivity index (χ0v) is 11.0. The monoisotopic (exact) mass is 279 g/mol. The highest BCUT2D eigenvalue weighted by Crippen LogP contribution is 2.30. The average Bonchev–Trinajstić information content (AvgIpc) is 2.46. The second-order valence-corrected chi connectivity index (χ2v) is 4.58. The Morgan fingerprint density at radius 3 is 1.88 bits per heavy atom. The molecule has 1 atom stereocenters. The van der Waals surface area contributed by atoms with Crippen molar-refractivity contribution in [2.24, 2.45) is 5.92 Å². The lowest BCUT2D eigenvalue weighted by Crippen LogP contribution is -2.49. The summed E-state index contributed by atoms with van der Waals surface area (Å²) >= 11 is 11.2. The molecule has 0 spiro atoms. The minimum absolute atomic E-state index is 0.303. The van der Waals surface area contributed by atoms with E-state index in [0.29, 0.717) is 0 Å². The third-order valence-corrected chi connectivity index (χ3v) is 3.16. The molecular formula is C10H11Cl2NO4. The summed E-state index contributed by atoms with van der Waals surface area (Å²) in [6.07, 6.45) is 0. The van der Waals surface area contributed by atoms with Gasteiger partial charge in [-0.2, -0.15) is 0 Å². The number of imide groups is 1. The molecule has 0 aliphatic carbocycles. The standard InChI is InChI=1S/C10H11Cl2NO4/c1-4(2)7(10(16)17-3)13-8(14)5(11)6(12)9(13)15/h4,7H,1-3H3/t7-/m0/s1. The van der Waals surface area contributed by atoms with Crippen LogP contribution in [0.2, 0.25) is 0 Å². The number of ether oxygens (including phenoxy) is 1. The van der Waals surface area contributed by atoms with Crippen LogP contribution in [0.3, 0.4) is 0 Å². The van der Waals surface area contributed by atoms with Gasteiger partial charge in [-0.25, -0.2) is 4.79 Å². The van der Waals surface area contributed by atoms with Gasteiger partial charge in [0.2, 0.25) is 0 Å². The zero-order valence-electron chi connectivity index (χ0n) is 9.49. The molecule has 0 aromatic carbocycles. The highest BCUT2D eigenvalue weighted by molar-refractivity contribution is 6.58. The van der Waals surface area contributed by atoms with Crippen LogP contribution in [0.5, 0.6) is 0 Å². The summed E-state index contributed by atoms with van der Waals surface area (Å²) in [5.74, 6) is -2.53. The zero-order chi connectivity index (χ0) is 13.3. The number of nitrogens with zero attached hydrogens (tertiary/aromatic N) is 1. The molecule has 0 aromatic heterocycles. The molecule has 1 heterocycles. The fourth-order valence-corrected chi connectivity index (χ4v) is 1.88. The predicted molar refractivity (Wildman–Crippen MR) is 61.2 cm³/mol. The van der Waals surface area contributed by atoms with Crippen molar-refractivity contribution >= 4 is 41.0 Å². The first-order valence-electron chi connectivity index (χ1n) is 4.83. The summed E-state index contributed by atoms with van der Waals surface area (Å²) in [6.45, 7) is 3.37. The summed E-state index contributed by atoms with van der Waals surface area (Å²) < 4.78 is 4.56. The van der Waals surface area contributed by atoms with Gasteiger partial charge >= 0.3 is 5.97 Å². The molecule has 1 aliphatic rings. The van der Waals surface area contributed by atoms with Gasteiger partial charge in [0.25, 0.3) is 11.8 Å². The Morgan fingerprint density at radius 2 is 1.59 bits per heavy atom. The molecule has 0 N–H and O–H groups in total. The van der Waals surface area contributed by atoms with Gasteiger partial charge in [0.15, 0.2) is 0 Å². The number of amides is 2. The number of carbonyl (C=O) groups is 3. The van der Waals surface area contributed by atoms with Gasteiger partial charge in [0.1, 0.15) is 16.1 Å². The van der Waals surface area contributed by atoms with Crippen LogP contribution in [0.25, 0.3) is 0 Å². The van der Waals surface area contributed by atoms with E-state index in [2.05, 4.69) is 4.74 Å². The Morgan fingerprint density at radius 1 is 1.18 bits per heavy atom. The van der Waals surface area contributed by atoms with E-state index in [-0.39, 0.29) is 16.0 Å². The maximum Gasteiger partial charge on any atom is 0.329 e. The van der Waals surface area contributed by atoms with E-state index in [4.69, 9.17) is 23.2 Å².